The fraction of sp³-hybridized carbons (Fsp3) is 0. The molecule has 0 atom stereocenters. The minimum absolute atomic E-state index is 0.900. The topological polar surface area (TPSA) is 21.3 Å². The van der Waals surface area contributed by atoms with Crippen molar-refractivity contribution in [1.82, 2.24) is 4.57 Å². The summed E-state index contributed by atoms with van der Waals surface area (Å²) in [4.78, 5) is 2.43. The number of thiophene rings is 1. The fourth-order valence-corrected chi connectivity index (χ4v) is 10.1. The van der Waals surface area contributed by atoms with Crippen molar-refractivity contribution >= 4 is 103 Å². The van der Waals surface area contributed by atoms with Crippen molar-refractivity contribution in [2.75, 3.05) is 4.90 Å². The van der Waals surface area contributed by atoms with Gasteiger partial charge in [0.25, 0.3) is 0 Å². The highest BCUT2D eigenvalue weighted by Gasteiger charge is 2.21. The van der Waals surface area contributed by atoms with Crippen LogP contribution in [0.2, 0.25) is 0 Å². The second-order valence-electron chi connectivity index (χ2n) is 14.5. The molecule has 0 fully saturated rings. The number of nitrogens with zero attached hydrogens (tertiary/aromatic N) is 2. The third-order valence-electron chi connectivity index (χ3n) is 11.4. The van der Waals surface area contributed by atoms with Crippen LogP contribution in [-0.2, 0) is 0 Å². The molecule has 0 saturated heterocycles. The molecule has 3 aromatic heterocycles. The molecule has 3 nitrogen and oxygen atoms in total. The first-order valence-corrected chi connectivity index (χ1v) is 19.8. The summed E-state index contributed by atoms with van der Waals surface area (Å²) in [6, 6.07) is 70.2. The molecule has 3 heterocycles. The van der Waals surface area contributed by atoms with Crippen LogP contribution in [-0.4, -0.2) is 4.57 Å². The van der Waals surface area contributed by atoms with Crippen molar-refractivity contribution < 1.29 is 4.42 Å². The quantitative estimate of drug-likeness (QED) is 0.176. The Morgan fingerprint density at radius 1 is 0.446 bits per heavy atom. The number of anilines is 3. The molecule has 4 heteroatoms. The Labute approximate surface area is 326 Å². The van der Waals surface area contributed by atoms with Crippen LogP contribution in [0.25, 0.3) is 91.5 Å². The fourth-order valence-electron chi connectivity index (χ4n) is 8.93. The van der Waals surface area contributed by atoms with Gasteiger partial charge in [-0.15, -0.1) is 11.3 Å². The first-order valence-electron chi connectivity index (χ1n) is 19.0. The summed E-state index contributed by atoms with van der Waals surface area (Å²) in [5.74, 6) is 0. The lowest BCUT2D eigenvalue weighted by Crippen LogP contribution is -2.11. The molecule has 0 N–H and O–H groups in total. The summed E-state index contributed by atoms with van der Waals surface area (Å²) in [6.07, 6.45) is 0. The summed E-state index contributed by atoms with van der Waals surface area (Å²) in [7, 11) is 0. The van der Waals surface area contributed by atoms with E-state index in [4.69, 9.17) is 4.42 Å². The van der Waals surface area contributed by atoms with Gasteiger partial charge in [-0.1, -0.05) is 121 Å². The van der Waals surface area contributed by atoms with Gasteiger partial charge in [0.15, 0.2) is 0 Å². The first kappa shape index (κ1) is 31.2. The maximum absolute atomic E-state index is 6.56. The maximum Gasteiger partial charge on any atom is 0.143 e. The minimum atomic E-state index is 0.900. The summed E-state index contributed by atoms with van der Waals surface area (Å²) in [5, 5.41) is 9.64. The molecule has 0 unspecified atom stereocenters. The summed E-state index contributed by atoms with van der Waals surface area (Å²) in [5.41, 5.74) is 11.0. The van der Waals surface area contributed by atoms with Gasteiger partial charge in [-0.3, -0.25) is 0 Å². The van der Waals surface area contributed by atoms with Crippen molar-refractivity contribution in [3.05, 3.63) is 194 Å². The van der Waals surface area contributed by atoms with Gasteiger partial charge < -0.3 is 13.9 Å². The van der Waals surface area contributed by atoms with Crippen LogP contribution in [0.3, 0.4) is 0 Å². The van der Waals surface area contributed by atoms with Gasteiger partial charge in [0, 0.05) is 64.2 Å². The van der Waals surface area contributed by atoms with E-state index in [2.05, 4.69) is 204 Å². The van der Waals surface area contributed by atoms with E-state index in [0.717, 1.165) is 61.2 Å². The van der Waals surface area contributed by atoms with Gasteiger partial charge in [-0.05, 0) is 89.3 Å². The zero-order valence-electron chi connectivity index (χ0n) is 30.2. The van der Waals surface area contributed by atoms with E-state index in [1.807, 2.05) is 11.3 Å². The largest absolute Gasteiger partial charge is 0.455 e. The molecular formula is C52H32N2OS. The third kappa shape index (κ3) is 4.63. The highest BCUT2D eigenvalue weighted by molar-refractivity contribution is 7.26. The number of para-hydroxylation sites is 2. The maximum atomic E-state index is 6.56. The van der Waals surface area contributed by atoms with Crippen LogP contribution < -0.4 is 4.90 Å². The number of furan rings is 1. The van der Waals surface area contributed by atoms with E-state index >= 15 is 0 Å². The van der Waals surface area contributed by atoms with Gasteiger partial charge in [0.2, 0.25) is 0 Å². The molecule has 12 aromatic rings. The number of benzene rings is 9. The Kier molecular flexibility index (Phi) is 6.80. The van der Waals surface area contributed by atoms with E-state index in [9.17, 15) is 0 Å². The molecule has 0 amide bonds. The van der Waals surface area contributed by atoms with E-state index in [-0.39, 0.29) is 0 Å². The lowest BCUT2D eigenvalue weighted by Gasteiger charge is -2.27. The summed E-state index contributed by atoms with van der Waals surface area (Å²) >= 11 is 1.85. The van der Waals surface area contributed by atoms with Crippen LogP contribution in [0.15, 0.2) is 199 Å². The molecule has 0 spiro atoms. The number of hydrogen-bond acceptors (Lipinski definition) is 3. The Morgan fingerprint density at radius 2 is 1.12 bits per heavy atom. The number of rotatable bonds is 5. The van der Waals surface area contributed by atoms with Crippen LogP contribution in [0.1, 0.15) is 0 Å². The first-order chi connectivity index (χ1) is 27.8. The van der Waals surface area contributed by atoms with Crippen molar-refractivity contribution in [2.24, 2.45) is 0 Å². The number of fused-ring (bicyclic) bond motifs is 11. The van der Waals surface area contributed by atoms with Crippen molar-refractivity contribution in [3.63, 3.8) is 0 Å². The third-order valence-corrected chi connectivity index (χ3v) is 12.5. The number of hydrogen-bond donors (Lipinski definition) is 0. The van der Waals surface area contributed by atoms with Crippen molar-refractivity contribution in [3.8, 4) is 16.8 Å². The van der Waals surface area contributed by atoms with Gasteiger partial charge >= 0.3 is 0 Å². The van der Waals surface area contributed by atoms with Gasteiger partial charge in [-0.2, -0.15) is 0 Å². The molecule has 262 valence electrons. The van der Waals surface area contributed by atoms with Crippen LogP contribution in [0, 0.1) is 0 Å². The van der Waals surface area contributed by atoms with Crippen LogP contribution >= 0.6 is 11.3 Å². The van der Waals surface area contributed by atoms with Gasteiger partial charge in [0.05, 0.1) is 16.7 Å². The predicted octanol–water partition coefficient (Wildman–Crippen LogP) is 15.3. The van der Waals surface area contributed by atoms with Gasteiger partial charge in [0.1, 0.15) is 11.2 Å². The summed E-state index contributed by atoms with van der Waals surface area (Å²) in [6.45, 7) is 0. The molecule has 9 aromatic carbocycles. The highest BCUT2D eigenvalue weighted by Crippen LogP contribution is 2.46. The average Bonchev–Trinajstić information content (AvgIpc) is 3.94. The molecule has 56 heavy (non-hydrogen) atoms. The molecule has 0 bridgehead atoms. The molecule has 0 saturated carbocycles. The lowest BCUT2D eigenvalue weighted by atomic mass is 9.98. The highest BCUT2D eigenvalue weighted by atomic mass is 32.1. The van der Waals surface area contributed by atoms with E-state index < -0.39 is 0 Å². The lowest BCUT2D eigenvalue weighted by molar-refractivity contribution is 0.673. The van der Waals surface area contributed by atoms with E-state index in [1.54, 1.807) is 0 Å². The monoisotopic (exact) mass is 732 g/mol. The Balaban J connectivity index is 1.06. The second-order valence-corrected chi connectivity index (χ2v) is 15.5. The number of aromatic nitrogens is 1. The second kappa shape index (κ2) is 12.2. The molecular weight excluding hydrogens is 701 g/mol. The molecule has 12 rings (SSSR count). The van der Waals surface area contributed by atoms with E-state index in [0.29, 0.717) is 0 Å². The molecule has 0 aliphatic rings. The zero-order chi connectivity index (χ0) is 36.7. The SMILES string of the molecule is c1cc(N(c2ccc(-c3cccc4oc5c6ccccc6ccc5c34)cc2)c2cccc3sc4ccccc4c23)cc(-n2c3ccccc3c3ccccc32)c1. The molecule has 0 aliphatic heterocycles. The summed E-state index contributed by atoms with van der Waals surface area (Å²) < 4.78 is 11.5. The standard InChI is InChI=1S/C52H32N2OS/c1-2-15-39-33(12-1)28-31-43-50-38(19-10-23-47(50)55-52(39)43)34-26-29-35(30-27-34)53(46-22-11-25-49-51(46)42-18-5-8-24-48(42)56-49)36-13-9-14-37(32-36)54-44-20-6-3-16-40(44)41-17-4-7-21-45(41)54/h1-32H. The van der Waals surface area contributed by atoms with Crippen LogP contribution in [0.5, 0.6) is 0 Å². The Morgan fingerprint density at radius 3 is 1.95 bits per heavy atom. The minimum Gasteiger partial charge on any atom is -0.455 e. The molecule has 0 radical (unpaired) electrons. The predicted molar refractivity (Wildman–Crippen MR) is 239 cm³/mol. The van der Waals surface area contributed by atoms with Crippen molar-refractivity contribution in [1.29, 1.82) is 0 Å². The zero-order valence-corrected chi connectivity index (χ0v) is 31.0. The molecule has 0 aliphatic carbocycles. The Bertz CT molecular complexity index is 3440. The van der Waals surface area contributed by atoms with E-state index in [1.165, 1.54) is 47.4 Å². The normalized spacial score (nSPS) is 11.9. The van der Waals surface area contributed by atoms with Crippen molar-refractivity contribution in [2.45, 2.75) is 0 Å². The smallest absolute Gasteiger partial charge is 0.143 e. The van der Waals surface area contributed by atoms with Crippen LogP contribution in [0.4, 0.5) is 17.1 Å². The van der Waals surface area contributed by atoms with Gasteiger partial charge in [-0.25, -0.2) is 0 Å². The average molecular weight is 733 g/mol. The Hall–Kier alpha value is -7.14.